The van der Waals surface area contributed by atoms with Gasteiger partial charge in [0.1, 0.15) is 16.8 Å². The first kappa shape index (κ1) is 12.9. The van der Waals surface area contributed by atoms with E-state index in [9.17, 15) is 4.79 Å². The molecule has 3 rings (SSSR count). The Bertz CT molecular complexity index is 667. The van der Waals surface area contributed by atoms with Gasteiger partial charge in [0.2, 0.25) is 0 Å². The summed E-state index contributed by atoms with van der Waals surface area (Å²) < 4.78 is 2.15. The van der Waals surface area contributed by atoms with Crippen LogP contribution in [0.25, 0.3) is 0 Å². The number of carbonyl (C=O) groups is 1. The number of nitrogens with one attached hydrogen (secondary N) is 1. The van der Waals surface area contributed by atoms with E-state index < -0.39 is 0 Å². The maximum absolute atomic E-state index is 12.1. The minimum atomic E-state index is -0.145. The molecule has 0 aromatic carbocycles. The Labute approximate surface area is 120 Å². The Morgan fingerprint density at radius 2 is 2.55 bits per heavy atom. The summed E-state index contributed by atoms with van der Waals surface area (Å²) in [4.78, 5) is 16.8. The van der Waals surface area contributed by atoms with E-state index in [1.165, 1.54) is 11.3 Å². The van der Waals surface area contributed by atoms with Gasteiger partial charge in [0.05, 0.1) is 5.56 Å². The largest absolute Gasteiger partial charge is 0.351 e. The van der Waals surface area contributed by atoms with Crippen molar-refractivity contribution >= 4 is 17.2 Å². The molecule has 2 aromatic heterocycles. The van der Waals surface area contributed by atoms with Crippen molar-refractivity contribution in [1.29, 1.82) is 5.26 Å². The lowest BCUT2D eigenvalue weighted by Crippen LogP contribution is -2.33. The molecular weight excluding hydrogens is 272 g/mol. The van der Waals surface area contributed by atoms with Gasteiger partial charge in [-0.15, -0.1) is 11.3 Å². The van der Waals surface area contributed by atoms with E-state index in [-0.39, 0.29) is 5.91 Å². The minimum Gasteiger partial charge on any atom is -0.351 e. The topological polar surface area (TPSA) is 70.7 Å². The Kier molecular flexibility index (Phi) is 3.52. The molecule has 1 aliphatic rings. The number of carbonyl (C=O) groups excluding carboxylic acids is 1. The lowest BCUT2D eigenvalue weighted by molar-refractivity contribution is 0.0947. The predicted molar refractivity (Wildman–Crippen MR) is 75.4 cm³/mol. The number of thiophene rings is 1. The number of rotatable bonds is 3. The summed E-state index contributed by atoms with van der Waals surface area (Å²) in [5.41, 5.74) is 0.452. The van der Waals surface area contributed by atoms with Gasteiger partial charge >= 0.3 is 0 Å². The van der Waals surface area contributed by atoms with Crippen molar-refractivity contribution in [3.8, 4) is 6.07 Å². The third-order valence-electron chi connectivity index (χ3n) is 3.58. The molecule has 1 aliphatic heterocycles. The van der Waals surface area contributed by atoms with Crippen LogP contribution < -0.4 is 5.32 Å². The Hall–Kier alpha value is -2.13. The van der Waals surface area contributed by atoms with Gasteiger partial charge in [-0.2, -0.15) is 5.26 Å². The van der Waals surface area contributed by atoms with Crippen LogP contribution in [0.1, 0.15) is 27.5 Å². The Morgan fingerprint density at radius 3 is 3.40 bits per heavy atom. The van der Waals surface area contributed by atoms with Crippen molar-refractivity contribution in [2.75, 3.05) is 6.54 Å². The fourth-order valence-electron chi connectivity index (χ4n) is 2.49. The molecule has 0 saturated carbocycles. The second-order valence-corrected chi connectivity index (χ2v) is 5.80. The molecule has 0 fully saturated rings. The highest BCUT2D eigenvalue weighted by molar-refractivity contribution is 7.12. The first-order chi connectivity index (χ1) is 9.78. The van der Waals surface area contributed by atoms with Gasteiger partial charge in [0.15, 0.2) is 0 Å². The number of nitrogens with zero attached hydrogens (tertiary/aromatic N) is 3. The highest BCUT2D eigenvalue weighted by Crippen LogP contribution is 2.19. The molecule has 20 heavy (non-hydrogen) atoms. The van der Waals surface area contributed by atoms with E-state index in [4.69, 9.17) is 5.26 Å². The standard InChI is InChI=1S/C14H14N4OS/c15-7-11-3-6-20-13(11)14(19)17-8-10-1-2-12-16-4-5-18(12)9-10/h3-6,10H,1-2,8-9H2,(H,17,19)/t10-/m1/s1. The second-order valence-electron chi connectivity index (χ2n) is 4.89. The number of imidazole rings is 1. The SMILES string of the molecule is N#Cc1ccsc1C(=O)NC[C@H]1CCc2nccn2C1. The second kappa shape index (κ2) is 5.47. The van der Waals surface area contributed by atoms with E-state index in [2.05, 4.69) is 14.9 Å². The number of aryl methyl sites for hydroxylation is 1. The van der Waals surface area contributed by atoms with Gasteiger partial charge in [-0.05, 0) is 23.8 Å². The van der Waals surface area contributed by atoms with Crippen molar-refractivity contribution in [1.82, 2.24) is 14.9 Å². The van der Waals surface area contributed by atoms with Crippen LogP contribution in [0.15, 0.2) is 23.8 Å². The van der Waals surface area contributed by atoms with Crippen LogP contribution in [0.2, 0.25) is 0 Å². The summed E-state index contributed by atoms with van der Waals surface area (Å²) in [6.07, 6.45) is 5.79. The van der Waals surface area contributed by atoms with E-state index in [0.717, 1.165) is 25.2 Å². The first-order valence-electron chi connectivity index (χ1n) is 6.53. The molecule has 0 unspecified atom stereocenters. The lowest BCUT2D eigenvalue weighted by atomic mass is 9.99. The average molecular weight is 286 g/mol. The molecule has 0 aliphatic carbocycles. The summed E-state index contributed by atoms with van der Waals surface area (Å²) in [6.45, 7) is 1.53. The molecule has 102 valence electrons. The molecule has 0 spiro atoms. The summed E-state index contributed by atoms with van der Waals surface area (Å²) in [5, 5.41) is 13.6. The monoisotopic (exact) mass is 286 g/mol. The van der Waals surface area contributed by atoms with Crippen LogP contribution in [0.5, 0.6) is 0 Å². The fourth-order valence-corrected chi connectivity index (χ4v) is 3.25. The molecule has 0 bridgehead atoms. The number of hydrogen-bond donors (Lipinski definition) is 1. The number of hydrogen-bond acceptors (Lipinski definition) is 4. The Balaban J connectivity index is 1.58. The highest BCUT2D eigenvalue weighted by Gasteiger charge is 2.20. The van der Waals surface area contributed by atoms with Crippen LogP contribution >= 0.6 is 11.3 Å². The third-order valence-corrected chi connectivity index (χ3v) is 4.49. The van der Waals surface area contributed by atoms with Gasteiger partial charge < -0.3 is 9.88 Å². The average Bonchev–Trinajstić information content (AvgIpc) is 3.12. The third kappa shape index (κ3) is 2.45. The zero-order valence-electron chi connectivity index (χ0n) is 10.9. The van der Waals surface area contributed by atoms with E-state index >= 15 is 0 Å². The minimum absolute atomic E-state index is 0.145. The van der Waals surface area contributed by atoms with Crippen molar-refractivity contribution in [3.63, 3.8) is 0 Å². The molecule has 0 radical (unpaired) electrons. The molecular formula is C14H14N4OS. The fraction of sp³-hybridized carbons (Fsp3) is 0.357. The van der Waals surface area contributed by atoms with Crippen molar-refractivity contribution in [2.24, 2.45) is 5.92 Å². The smallest absolute Gasteiger partial charge is 0.262 e. The lowest BCUT2D eigenvalue weighted by Gasteiger charge is -2.23. The van der Waals surface area contributed by atoms with Gasteiger partial charge in [-0.25, -0.2) is 4.98 Å². The van der Waals surface area contributed by atoms with E-state index in [1.807, 2.05) is 18.5 Å². The quantitative estimate of drug-likeness (QED) is 0.935. The van der Waals surface area contributed by atoms with Crippen LogP contribution in [0.3, 0.4) is 0 Å². The van der Waals surface area contributed by atoms with Gasteiger partial charge in [-0.3, -0.25) is 4.79 Å². The highest BCUT2D eigenvalue weighted by atomic mass is 32.1. The van der Waals surface area contributed by atoms with Gasteiger partial charge in [0.25, 0.3) is 5.91 Å². The molecule has 3 heterocycles. The van der Waals surface area contributed by atoms with E-state index in [0.29, 0.717) is 22.9 Å². The van der Waals surface area contributed by atoms with Gasteiger partial charge in [0, 0.05) is 31.9 Å². The molecule has 5 nitrogen and oxygen atoms in total. The Morgan fingerprint density at radius 1 is 1.65 bits per heavy atom. The number of amides is 1. The van der Waals surface area contributed by atoms with Crippen LogP contribution in [0, 0.1) is 17.2 Å². The zero-order valence-corrected chi connectivity index (χ0v) is 11.7. The van der Waals surface area contributed by atoms with Gasteiger partial charge in [-0.1, -0.05) is 0 Å². The molecule has 1 atom stereocenters. The normalized spacial score (nSPS) is 17.2. The number of nitriles is 1. The predicted octanol–water partition coefficient (Wildman–Crippen LogP) is 1.81. The van der Waals surface area contributed by atoms with E-state index in [1.54, 1.807) is 11.4 Å². The molecule has 0 saturated heterocycles. The first-order valence-corrected chi connectivity index (χ1v) is 7.41. The maximum Gasteiger partial charge on any atom is 0.262 e. The van der Waals surface area contributed by atoms with Crippen molar-refractivity contribution in [3.05, 3.63) is 40.1 Å². The molecule has 2 aromatic rings. The summed E-state index contributed by atoms with van der Waals surface area (Å²) in [7, 11) is 0. The van der Waals surface area contributed by atoms with Crippen LogP contribution in [0.4, 0.5) is 0 Å². The number of aromatic nitrogens is 2. The molecule has 1 amide bonds. The molecule has 6 heteroatoms. The molecule has 1 N–H and O–H groups in total. The van der Waals surface area contributed by atoms with Crippen molar-refractivity contribution in [2.45, 2.75) is 19.4 Å². The number of fused-ring (bicyclic) bond motifs is 1. The summed E-state index contributed by atoms with van der Waals surface area (Å²) in [5.74, 6) is 1.40. The van der Waals surface area contributed by atoms with Crippen LogP contribution in [-0.2, 0) is 13.0 Å². The van der Waals surface area contributed by atoms with Crippen LogP contribution in [-0.4, -0.2) is 22.0 Å². The maximum atomic E-state index is 12.1. The summed E-state index contributed by atoms with van der Waals surface area (Å²) >= 11 is 1.31. The summed E-state index contributed by atoms with van der Waals surface area (Å²) in [6, 6.07) is 3.72. The van der Waals surface area contributed by atoms with Crippen molar-refractivity contribution < 1.29 is 4.79 Å². The zero-order chi connectivity index (χ0) is 13.9.